The van der Waals surface area contributed by atoms with Crippen LogP contribution in [0.25, 0.3) is 0 Å². The second-order valence-corrected chi connectivity index (χ2v) is 5.58. The van der Waals surface area contributed by atoms with Gasteiger partial charge in [-0.1, -0.05) is 13.8 Å². The first-order chi connectivity index (χ1) is 5.69. The predicted molar refractivity (Wildman–Crippen MR) is 49.8 cm³/mol. The Morgan fingerprint density at radius 3 is 2.08 bits per heavy atom. The summed E-state index contributed by atoms with van der Waals surface area (Å²) < 4.78 is 0. The van der Waals surface area contributed by atoms with Gasteiger partial charge in [-0.05, 0) is 37.0 Å². The highest BCUT2D eigenvalue weighted by Gasteiger charge is 2.67. The summed E-state index contributed by atoms with van der Waals surface area (Å²) in [5, 5.41) is 20.0. The molecule has 4 atom stereocenters. The predicted octanol–water partition coefficient (Wildman–Crippen LogP) is 0.451. The maximum Gasteiger partial charge on any atom is 0.142 e. The summed E-state index contributed by atoms with van der Waals surface area (Å²) in [4.78, 5) is 0. The molecule has 0 saturated heterocycles. The molecule has 76 valence electrons. The van der Waals surface area contributed by atoms with Crippen LogP contribution in [0, 0.1) is 17.3 Å². The number of hydrogen-bond donors (Lipinski definition) is 3. The van der Waals surface area contributed by atoms with E-state index in [-0.39, 0.29) is 11.3 Å². The van der Waals surface area contributed by atoms with Gasteiger partial charge in [-0.3, -0.25) is 0 Å². The highest BCUT2D eigenvalue weighted by atomic mass is 16.4. The van der Waals surface area contributed by atoms with Crippen molar-refractivity contribution >= 4 is 0 Å². The standard InChI is InChI=1S/C10H19NO2/c1-8(2)6-4-7(8)9(3,12)10(11,13)5-6/h6-7,12-13H,4-5,11H2,1-3H3. The third-order valence-corrected chi connectivity index (χ3v) is 4.58. The summed E-state index contributed by atoms with van der Waals surface area (Å²) in [5.74, 6) is 0.599. The topological polar surface area (TPSA) is 66.5 Å². The molecule has 0 spiro atoms. The van der Waals surface area contributed by atoms with Crippen molar-refractivity contribution in [1.29, 1.82) is 0 Å². The molecule has 4 unspecified atom stereocenters. The summed E-state index contributed by atoms with van der Waals surface area (Å²) in [6.07, 6.45) is 1.52. The summed E-state index contributed by atoms with van der Waals surface area (Å²) in [7, 11) is 0. The average Bonchev–Trinajstić information content (AvgIpc) is 1.94. The van der Waals surface area contributed by atoms with Crippen LogP contribution in [0.1, 0.15) is 33.6 Å². The minimum absolute atomic E-state index is 0.133. The van der Waals surface area contributed by atoms with Gasteiger partial charge in [0.05, 0.1) is 0 Å². The molecule has 0 radical (unpaired) electrons. The van der Waals surface area contributed by atoms with Gasteiger partial charge in [0.2, 0.25) is 0 Å². The van der Waals surface area contributed by atoms with Crippen molar-refractivity contribution in [3.63, 3.8) is 0 Å². The van der Waals surface area contributed by atoms with Crippen LogP contribution in [0.3, 0.4) is 0 Å². The number of nitrogens with two attached hydrogens (primary N) is 1. The van der Waals surface area contributed by atoms with Crippen LogP contribution in [0.2, 0.25) is 0 Å². The Morgan fingerprint density at radius 2 is 1.77 bits per heavy atom. The summed E-state index contributed by atoms with van der Waals surface area (Å²) in [5.41, 5.74) is 3.31. The van der Waals surface area contributed by atoms with Gasteiger partial charge in [-0.25, -0.2) is 0 Å². The molecule has 4 N–H and O–H groups in total. The van der Waals surface area contributed by atoms with Crippen molar-refractivity contribution in [1.82, 2.24) is 0 Å². The zero-order chi connectivity index (χ0) is 10.1. The quantitative estimate of drug-likeness (QED) is 0.480. The lowest BCUT2D eigenvalue weighted by Crippen LogP contribution is -2.75. The first-order valence-electron chi connectivity index (χ1n) is 4.93. The molecule has 3 rings (SSSR count). The molecule has 0 aromatic rings. The van der Waals surface area contributed by atoms with Crippen molar-refractivity contribution in [3.05, 3.63) is 0 Å². The Hall–Kier alpha value is -0.120. The van der Waals surface area contributed by atoms with Crippen LogP contribution in [0.4, 0.5) is 0 Å². The minimum Gasteiger partial charge on any atom is -0.385 e. The van der Waals surface area contributed by atoms with Crippen molar-refractivity contribution in [2.24, 2.45) is 23.0 Å². The van der Waals surface area contributed by atoms with Gasteiger partial charge in [0.25, 0.3) is 0 Å². The van der Waals surface area contributed by atoms with E-state index < -0.39 is 11.3 Å². The molecule has 13 heavy (non-hydrogen) atoms. The molecule has 3 heteroatoms. The van der Waals surface area contributed by atoms with Crippen LogP contribution >= 0.6 is 0 Å². The van der Waals surface area contributed by atoms with E-state index in [0.29, 0.717) is 12.3 Å². The normalized spacial score (nSPS) is 58.6. The van der Waals surface area contributed by atoms with E-state index in [9.17, 15) is 10.2 Å². The molecule has 2 bridgehead atoms. The zero-order valence-corrected chi connectivity index (χ0v) is 8.54. The Labute approximate surface area is 78.9 Å². The van der Waals surface area contributed by atoms with Gasteiger partial charge < -0.3 is 15.9 Å². The van der Waals surface area contributed by atoms with Crippen molar-refractivity contribution < 1.29 is 10.2 Å². The SMILES string of the molecule is CC1(C)C2CC1C(C)(O)C(N)(O)C2. The van der Waals surface area contributed by atoms with E-state index in [0.717, 1.165) is 6.42 Å². The number of rotatable bonds is 0. The van der Waals surface area contributed by atoms with Crippen LogP contribution in [-0.4, -0.2) is 21.5 Å². The summed E-state index contributed by atoms with van der Waals surface area (Å²) >= 11 is 0. The highest BCUT2D eigenvalue weighted by molar-refractivity contribution is 5.16. The molecular weight excluding hydrogens is 166 g/mol. The van der Waals surface area contributed by atoms with Gasteiger partial charge in [-0.15, -0.1) is 0 Å². The van der Waals surface area contributed by atoms with Crippen molar-refractivity contribution in [2.75, 3.05) is 0 Å². The Morgan fingerprint density at radius 1 is 1.23 bits per heavy atom. The highest BCUT2D eigenvalue weighted by Crippen LogP contribution is 2.64. The second kappa shape index (κ2) is 2.10. The van der Waals surface area contributed by atoms with Gasteiger partial charge in [0.15, 0.2) is 0 Å². The number of hydrogen-bond acceptors (Lipinski definition) is 3. The van der Waals surface area contributed by atoms with Crippen LogP contribution in [-0.2, 0) is 0 Å². The van der Waals surface area contributed by atoms with E-state index in [2.05, 4.69) is 13.8 Å². The lowest BCUT2D eigenvalue weighted by molar-refractivity contribution is -0.289. The fourth-order valence-corrected chi connectivity index (χ4v) is 3.20. The first kappa shape index (κ1) is 9.44. The van der Waals surface area contributed by atoms with Crippen LogP contribution in [0.15, 0.2) is 0 Å². The molecular formula is C10H19NO2. The van der Waals surface area contributed by atoms with Gasteiger partial charge in [0, 0.05) is 0 Å². The third kappa shape index (κ3) is 0.901. The fraction of sp³-hybridized carbons (Fsp3) is 1.00. The van der Waals surface area contributed by atoms with Gasteiger partial charge in [-0.2, -0.15) is 0 Å². The molecule has 0 aromatic carbocycles. The van der Waals surface area contributed by atoms with Gasteiger partial charge in [0.1, 0.15) is 11.3 Å². The van der Waals surface area contributed by atoms with Gasteiger partial charge >= 0.3 is 0 Å². The molecule has 0 heterocycles. The Balaban J connectivity index is 2.34. The Kier molecular flexibility index (Phi) is 1.52. The molecule has 3 fully saturated rings. The lowest BCUT2D eigenvalue weighted by atomic mass is 9.42. The summed E-state index contributed by atoms with van der Waals surface area (Å²) in [6.45, 7) is 5.96. The average molecular weight is 185 g/mol. The van der Waals surface area contributed by atoms with E-state index in [1.165, 1.54) is 0 Å². The molecule has 0 amide bonds. The number of aliphatic hydroxyl groups is 2. The van der Waals surface area contributed by atoms with E-state index >= 15 is 0 Å². The largest absolute Gasteiger partial charge is 0.385 e. The Bertz CT molecular complexity index is 245. The molecule has 3 aliphatic carbocycles. The zero-order valence-electron chi connectivity index (χ0n) is 8.54. The fourth-order valence-electron chi connectivity index (χ4n) is 3.20. The van der Waals surface area contributed by atoms with E-state index in [1.54, 1.807) is 6.92 Å². The molecule has 0 aromatic heterocycles. The van der Waals surface area contributed by atoms with Crippen LogP contribution < -0.4 is 5.73 Å². The third-order valence-electron chi connectivity index (χ3n) is 4.58. The maximum absolute atomic E-state index is 10.2. The molecule has 3 nitrogen and oxygen atoms in total. The maximum atomic E-state index is 10.2. The molecule has 3 saturated carbocycles. The van der Waals surface area contributed by atoms with Crippen LogP contribution in [0.5, 0.6) is 0 Å². The minimum atomic E-state index is -1.39. The number of fused-ring (bicyclic) bond motifs is 2. The molecule has 3 aliphatic rings. The first-order valence-corrected chi connectivity index (χ1v) is 4.93. The molecule has 0 aliphatic heterocycles. The second-order valence-electron chi connectivity index (χ2n) is 5.58. The summed E-state index contributed by atoms with van der Waals surface area (Å²) in [6, 6.07) is 0. The smallest absolute Gasteiger partial charge is 0.142 e. The van der Waals surface area contributed by atoms with E-state index in [1.807, 2.05) is 0 Å². The lowest BCUT2D eigenvalue weighted by Gasteiger charge is -2.66. The van der Waals surface area contributed by atoms with Crippen molar-refractivity contribution in [2.45, 2.75) is 44.9 Å². The van der Waals surface area contributed by atoms with E-state index in [4.69, 9.17) is 5.73 Å². The van der Waals surface area contributed by atoms with Crippen molar-refractivity contribution in [3.8, 4) is 0 Å². The monoisotopic (exact) mass is 185 g/mol.